The van der Waals surface area contributed by atoms with Gasteiger partial charge in [-0.1, -0.05) is 6.08 Å². The summed E-state index contributed by atoms with van der Waals surface area (Å²) in [7, 11) is 0. The van der Waals surface area contributed by atoms with Gasteiger partial charge in [-0.2, -0.15) is 0 Å². The molecular formula is C24H32O10. The van der Waals surface area contributed by atoms with Crippen molar-refractivity contribution in [3.63, 3.8) is 0 Å². The zero-order valence-electron chi connectivity index (χ0n) is 20.4. The number of carbonyl (C=O) groups excluding carboxylic acids is 5. The second kappa shape index (κ2) is 9.48. The van der Waals surface area contributed by atoms with Gasteiger partial charge >= 0.3 is 23.9 Å². The number of carbonyl (C=O) groups is 5. The lowest BCUT2D eigenvalue weighted by atomic mass is 9.75. The SMILES string of the molecule is C/C=C(\C)C(=O)O[C@H]1C[C@@](C)(OC(C)=O)C(=O)CC[C@@]2(C)O[C@H]2[C@H]2OC(=O)[C@@H](COC(C)=O)[C@@H]21. The molecule has 10 heteroatoms. The second-order valence-corrected chi connectivity index (χ2v) is 9.61. The van der Waals surface area contributed by atoms with Crippen molar-refractivity contribution in [2.45, 2.75) is 90.3 Å². The van der Waals surface area contributed by atoms with Crippen LogP contribution in [0.2, 0.25) is 0 Å². The van der Waals surface area contributed by atoms with Gasteiger partial charge in [0.15, 0.2) is 11.4 Å². The quantitative estimate of drug-likeness (QED) is 0.248. The molecule has 1 aliphatic carbocycles. The maximum atomic E-state index is 13.2. The second-order valence-electron chi connectivity index (χ2n) is 9.61. The molecule has 3 aliphatic rings. The van der Waals surface area contributed by atoms with Gasteiger partial charge in [-0.15, -0.1) is 0 Å². The van der Waals surface area contributed by atoms with E-state index >= 15 is 0 Å². The van der Waals surface area contributed by atoms with Crippen LogP contribution in [0.4, 0.5) is 0 Å². The Morgan fingerprint density at radius 1 is 1.12 bits per heavy atom. The minimum Gasteiger partial charge on any atom is -0.465 e. The molecule has 0 spiro atoms. The molecule has 1 saturated carbocycles. The summed E-state index contributed by atoms with van der Waals surface area (Å²) in [5.41, 5.74) is -2.03. The lowest BCUT2D eigenvalue weighted by Crippen LogP contribution is -2.50. The predicted octanol–water partition coefficient (Wildman–Crippen LogP) is 1.82. The summed E-state index contributed by atoms with van der Waals surface area (Å²) in [5.74, 6) is -4.61. The first-order chi connectivity index (χ1) is 15.8. The van der Waals surface area contributed by atoms with Gasteiger partial charge in [0.05, 0.1) is 11.5 Å². The molecule has 3 fully saturated rings. The van der Waals surface area contributed by atoms with Gasteiger partial charge < -0.3 is 23.7 Å². The Labute approximate surface area is 198 Å². The van der Waals surface area contributed by atoms with Crippen LogP contribution in [0.5, 0.6) is 0 Å². The highest BCUT2D eigenvalue weighted by molar-refractivity contribution is 5.90. The van der Waals surface area contributed by atoms with Gasteiger partial charge in [0.25, 0.3) is 0 Å². The van der Waals surface area contributed by atoms with E-state index < -0.39 is 65.2 Å². The molecule has 34 heavy (non-hydrogen) atoms. The summed E-state index contributed by atoms with van der Waals surface area (Å²) < 4.78 is 28.0. The van der Waals surface area contributed by atoms with Gasteiger partial charge in [-0.25, -0.2) is 4.79 Å². The number of allylic oxidation sites excluding steroid dienone is 1. The normalized spacial score (nSPS) is 37.6. The van der Waals surface area contributed by atoms with Crippen LogP contribution >= 0.6 is 0 Å². The molecule has 2 saturated heterocycles. The largest absolute Gasteiger partial charge is 0.465 e. The maximum absolute atomic E-state index is 13.2. The first-order valence-corrected chi connectivity index (χ1v) is 11.4. The van der Waals surface area contributed by atoms with E-state index in [9.17, 15) is 24.0 Å². The van der Waals surface area contributed by atoms with E-state index in [1.54, 1.807) is 19.9 Å². The summed E-state index contributed by atoms with van der Waals surface area (Å²) in [6, 6.07) is 0. The Morgan fingerprint density at radius 3 is 2.38 bits per heavy atom. The first-order valence-electron chi connectivity index (χ1n) is 11.4. The van der Waals surface area contributed by atoms with Gasteiger partial charge in [0.1, 0.15) is 30.8 Å². The molecule has 2 heterocycles. The number of epoxide rings is 1. The summed E-state index contributed by atoms with van der Waals surface area (Å²) >= 11 is 0. The fraction of sp³-hybridized carbons (Fsp3) is 0.708. The van der Waals surface area contributed by atoms with Gasteiger partial charge in [0.2, 0.25) is 0 Å². The lowest BCUT2D eigenvalue weighted by Gasteiger charge is -2.36. The van der Waals surface area contributed by atoms with Crippen LogP contribution in [0, 0.1) is 11.8 Å². The molecule has 0 bridgehead atoms. The monoisotopic (exact) mass is 480 g/mol. The van der Waals surface area contributed by atoms with Gasteiger partial charge in [0, 0.05) is 32.3 Å². The van der Waals surface area contributed by atoms with E-state index in [1.807, 2.05) is 6.92 Å². The number of ether oxygens (including phenoxy) is 5. The summed E-state index contributed by atoms with van der Waals surface area (Å²) in [6.45, 7) is 8.66. The van der Waals surface area contributed by atoms with Crippen molar-refractivity contribution < 1.29 is 47.7 Å². The Hall–Kier alpha value is -2.75. The van der Waals surface area contributed by atoms with E-state index in [0.29, 0.717) is 12.0 Å². The van der Waals surface area contributed by atoms with Crippen molar-refractivity contribution >= 4 is 29.7 Å². The van der Waals surface area contributed by atoms with Crippen LogP contribution < -0.4 is 0 Å². The standard InChI is InChI=1S/C24H32O10/c1-7-12(2)21(28)31-16-10-24(6,33-14(4)26)17(27)8-9-23(5)20(34-23)19-18(16)15(22(29)32-19)11-30-13(3)25/h7,15-16,18-20H,8-11H2,1-6H3/b12-7+/t15-,16-,18+,19-,20-,23+,24+/m0/s1. The maximum Gasteiger partial charge on any atom is 0.333 e. The highest BCUT2D eigenvalue weighted by Crippen LogP contribution is 2.51. The van der Waals surface area contributed by atoms with Crippen molar-refractivity contribution in [3.8, 4) is 0 Å². The number of fused-ring (bicyclic) bond motifs is 3. The van der Waals surface area contributed by atoms with Gasteiger partial charge in [-0.05, 0) is 34.1 Å². The molecule has 0 radical (unpaired) electrons. The number of hydrogen-bond donors (Lipinski definition) is 0. The number of Topliss-reactive ketones (excluding diaryl/α,β-unsaturated/α-hetero) is 1. The van der Waals surface area contributed by atoms with E-state index in [1.165, 1.54) is 20.8 Å². The molecular weight excluding hydrogens is 448 g/mol. The van der Waals surface area contributed by atoms with Crippen LogP contribution in [0.15, 0.2) is 11.6 Å². The topological polar surface area (TPSA) is 135 Å². The highest BCUT2D eigenvalue weighted by atomic mass is 16.7. The summed E-state index contributed by atoms with van der Waals surface area (Å²) in [6.07, 6.45) is -0.594. The lowest BCUT2D eigenvalue weighted by molar-refractivity contribution is -0.173. The number of rotatable bonds is 5. The number of hydrogen-bond acceptors (Lipinski definition) is 10. The van der Waals surface area contributed by atoms with E-state index in [2.05, 4.69) is 0 Å². The van der Waals surface area contributed by atoms with Crippen LogP contribution in [-0.2, 0) is 47.7 Å². The predicted molar refractivity (Wildman–Crippen MR) is 115 cm³/mol. The molecule has 2 aliphatic heterocycles. The molecule has 0 unspecified atom stereocenters. The van der Waals surface area contributed by atoms with Crippen molar-refractivity contribution in [1.82, 2.24) is 0 Å². The molecule has 7 atom stereocenters. The molecule has 188 valence electrons. The van der Waals surface area contributed by atoms with E-state index in [0.717, 1.165) is 0 Å². The minimum atomic E-state index is -1.61. The van der Waals surface area contributed by atoms with Crippen molar-refractivity contribution in [1.29, 1.82) is 0 Å². The molecule has 0 aromatic rings. The Morgan fingerprint density at radius 2 is 1.79 bits per heavy atom. The van der Waals surface area contributed by atoms with Crippen LogP contribution in [-0.4, -0.2) is 65.8 Å². The summed E-state index contributed by atoms with van der Waals surface area (Å²) in [4.78, 5) is 62.2. The average Bonchev–Trinajstić information content (AvgIpc) is 3.30. The highest BCUT2D eigenvalue weighted by Gasteiger charge is 2.66. The zero-order valence-corrected chi connectivity index (χ0v) is 20.4. The molecule has 3 rings (SSSR count). The van der Waals surface area contributed by atoms with Crippen molar-refractivity contribution in [3.05, 3.63) is 11.6 Å². The van der Waals surface area contributed by atoms with E-state index in [-0.39, 0.29) is 25.2 Å². The molecule has 0 aromatic heterocycles. The number of ketones is 1. The first kappa shape index (κ1) is 25.9. The van der Waals surface area contributed by atoms with Crippen LogP contribution in [0.3, 0.4) is 0 Å². The van der Waals surface area contributed by atoms with Crippen LogP contribution in [0.1, 0.15) is 60.8 Å². The summed E-state index contributed by atoms with van der Waals surface area (Å²) in [5, 5.41) is 0. The zero-order chi connectivity index (χ0) is 25.4. The smallest absolute Gasteiger partial charge is 0.333 e. The third kappa shape index (κ3) is 5.16. The number of esters is 4. The average molecular weight is 481 g/mol. The molecule has 0 amide bonds. The van der Waals surface area contributed by atoms with Crippen molar-refractivity contribution in [2.24, 2.45) is 11.8 Å². The molecule has 0 N–H and O–H groups in total. The third-order valence-corrected chi connectivity index (χ3v) is 6.95. The van der Waals surface area contributed by atoms with Crippen molar-refractivity contribution in [2.75, 3.05) is 6.61 Å². The van der Waals surface area contributed by atoms with E-state index in [4.69, 9.17) is 23.7 Å². The molecule has 0 aromatic carbocycles. The van der Waals surface area contributed by atoms with Gasteiger partial charge in [-0.3, -0.25) is 19.2 Å². The Bertz CT molecular complexity index is 923. The fourth-order valence-electron chi connectivity index (χ4n) is 4.82. The fourth-order valence-corrected chi connectivity index (χ4v) is 4.82. The molecule has 10 nitrogen and oxygen atoms in total. The van der Waals surface area contributed by atoms with Crippen LogP contribution in [0.25, 0.3) is 0 Å². The minimum absolute atomic E-state index is 0.0630. The Balaban J connectivity index is 2.08. The third-order valence-electron chi connectivity index (χ3n) is 6.95. The Kier molecular flexibility index (Phi) is 7.21.